The molecule has 0 aliphatic heterocycles. The lowest BCUT2D eigenvalue weighted by atomic mass is 9.85. The molecule has 2 aromatic carbocycles. The molecule has 1 atom stereocenters. The zero-order valence-electron chi connectivity index (χ0n) is 14.3. The van der Waals surface area contributed by atoms with E-state index in [0.29, 0.717) is 11.1 Å². The van der Waals surface area contributed by atoms with Gasteiger partial charge in [0.2, 0.25) is 0 Å². The first-order chi connectivity index (χ1) is 12.5. The van der Waals surface area contributed by atoms with Gasteiger partial charge in [-0.05, 0) is 35.4 Å². The molecule has 136 valence electrons. The molecule has 0 aromatic heterocycles. The molecule has 0 fully saturated rings. The molecule has 0 saturated carbocycles. The summed E-state index contributed by atoms with van der Waals surface area (Å²) in [5.41, 5.74) is 1.21. The summed E-state index contributed by atoms with van der Waals surface area (Å²) in [5.74, 6) is -4.36. The Balaban J connectivity index is 2.46. The van der Waals surface area contributed by atoms with Gasteiger partial charge in [0.05, 0.1) is 14.2 Å². The smallest absolute Gasteiger partial charge is 0.321 e. The van der Waals surface area contributed by atoms with Gasteiger partial charge in [0.1, 0.15) is 11.6 Å². The maximum Gasteiger partial charge on any atom is 0.321 e. The van der Waals surface area contributed by atoms with Gasteiger partial charge in [-0.1, -0.05) is 36.4 Å². The van der Waals surface area contributed by atoms with Crippen molar-refractivity contribution in [2.45, 2.75) is 5.92 Å². The molecule has 0 amide bonds. The molecule has 2 rings (SSSR count). The minimum atomic E-state index is -1.26. The molecular weight excluding hydrogens is 342 g/mol. The molecule has 0 saturated heterocycles. The lowest BCUT2D eigenvalue weighted by molar-refractivity contribution is -0.159. The summed E-state index contributed by atoms with van der Waals surface area (Å²) in [5, 5.41) is 0. The molecule has 0 N–H and O–H groups in total. The Labute approximate surface area is 150 Å². The van der Waals surface area contributed by atoms with Gasteiger partial charge >= 0.3 is 11.9 Å². The third-order valence-corrected chi connectivity index (χ3v) is 3.89. The topological polar surface area (TPSA) is 52.6 Å². The molecule has 0 radical (unpaired) electrons. The van der Waals surface area contributed by atoms with E-state index >= 15 is 0 Å². The van der Waals surface area contributed by atoms with Gasteiger partial charge in [0.15, 0.2) is 5.92 Å². The number of methoxy groups -OCH3 is 2. The van der Waals surface area contributed by atoms with Crippen LogP contribution in [-0.2, 0) is 19.1 Å². The first-order valence-electron chi connectivity index (χ1n) is 7.81. The fourth-order valence-corrected chi connectivity index (χ4v) is 2.53. The molecule has 2 aromatic rings. The first kappa shape index (κ1) is 19.3. The Bertz CT molecular complexity index is 766. The molecule has 0 aliphatic rings. The number of hydrogen-bond donors (Lipinski definition) is 0. The quantitative estimate of drug-likeness (QED) is 0.582. The molecule has 0 aliphatic carbocycles. The van der Waals surface area contributed by atoms with Crippen molar-refractivity contribution in [3.63, 3.8) is 0 Å². The summed E-state index contributed by atoms with van der Waals surface area (Å²) in [6.07, 6.45) is 3.26. The van der Waals surface area contributed by atoms with E-state index in [1.54, 1.807) is 24.3 Å². The van der Waals surface area contributed by atoms with Crippen LogP contribution in [0, 0.1) is 17.6 Å². The predicted molar refractivity (Wildman–Crippen MR) is 92.1 cm³/mol. The lowest BCUT2D eigenvalue weighted by Crippen LogP contribution is -2.31. The third kappa shape index (κ3) is 4.75. The predicted octanol–water partition coefficient (Wildman–Crippen LogP) is 3.72. The number of esters is 2. The van der Waals surface area contributed by atoms with Crippen molar-refractivity contribution in [1.29, 1.82) is 0 Å². The Hall–Kier alpha value is -3.02. The highest BCUT2D eigenvalue weighted by Crippen LogP contribution is 2.29. The van der Waals surface area contributed by atoms with Crippen molar-refractivity contribution in [2.75, 3.05) is 14.2 Å². The second kappa shape index (κ2) is 8.89. The fraction of sp³-hybridized carbons (Fsp3) is 0.200. The van der Waals surface area contributed by atoms with E-state index in [9.17, 15) is 18.4 Å². The number of rotatable bonds is 6. The van der Waals surface area contributed by atoms with Crippen molar-refractivity contribution >= 4 is 18.0 Å². The van der Waals surface area contributed by atoms with Crippen LogP contribution in [0.5, 0.6) is 0 Å². The summed E-state index contributed by atoms with van der Waals surface area (Å²) in [6.45, 7) is 0. The van der Waals surface area contributed by atoms with Crippen LogP contribution in [0.25, 0.3) is 6.08 Å². The van der Waals surface area contributed by atoms with Crippen LogP contribution >= 0.6 is 0 Å². The first-order valence-corrected chi connectivity index (χ1v) is 7.81. The number of ether oxygens (including phenoxy) is 2. The molecule has 6 heteroatoms. The molecule has 0 spiro atoms. The maximum atomic E-state index is 13.3. The van der Waals surface area contributed by atoms with Crippen LogP contribution in [-0.4, -0.2) is 26.2 Å². The maximum absolute atomic E-state index is 13.3. The number of carbonyl (C=O) groups is 2. The number of carbonyl (C=O) groups excluding carboxylic acids is 2. The Morgan fingerprint density at radius 1 is 0.846 bits per heavy atom. The van der Waals surface area contributed by atoms with Gasteiger partial charge in [-0.25, -0.2) is 8.78 Å². The zero-order chi connectivity index (χ0) is 19.1. The number of benzene rings is 2. The summed E-state index contributed by atoms with van der Waals surface area (Å²) >= 11 is 0. The molecule has 0 bridgehead atoms. The lowest BCUT2D eigenvalue weighted by Gasteiger charge is -2.21. The van der Waals surface area contributed by atoms with Crippen LogP contribution < -0.4 is 0 Å². The van der Waals surface area contributed by atoms with Crippen LogP contribution in [0.1, 0.15) is 17.0 Å². The minimum absolute atomic E-state index is 0.376. The van der Waals surface area contributed by atoms with Crippen LogP contribution in [0.2, 0.25) is 0 Å². The van der Waals surface area contributed by atoms with E-state index in [1.165, 1.54) is 50.6 Å². The standard InChI is InChI=1S/C20H18F2O4/c1-25-19(23)18(20(24)26-2)17(14-6-10-16(22)11-7-14)12-5-13-3-8-15(21)9-4-13/h3-12,17-18H,1-2H3/b12-5+/t17-/m1/s1. The highest BCUT2D eigenvalue weighted by atomic mass is 19.1. The zero-order valence-corrected chi connectivity index (χ0v) is 14.3. The van der Waals surface area contributed by atoms with E-state index in [2.05, 4.69) is 0 Å². The van der Waals surface area contributed by atoms with Gasteiger partial charge in [-0.3, -0.25) is 9.59 Å². The van der Waals surface area contributed by atoms with Crippen molar-refractivity contribution < 1.29 is 27.8 Å². The highest BCUT2D eigenvalue weighted by Gasteiger charge is 2.36. The molecule has 26 heavy (non-hydrogen) atoms. The van der Waals surface area contributed by atoms with Gasteiger partial charge < -0.3 is 9.47 Å². The monoisotopic (exact) mass is 360 g/mol. The Morgan fingerprint density at radius 3 is 1.77 bits per heavy atom. The van der Waals surface area contributed by atoms with Crippen molar-refractivity contribution in [3.05, 3.63) is 77.4 Å². The highest BCUT2D eigenvalue weighted by molar-refractivity contribution is 5.96. The van der Waals surface area contributed by atoms with Gasteiger partial charge in [-0.15, -0.1) is 0 Å². The van der Waals surface area contributed by atoms with Crippen LogP contribution in [0.4, 0.5) is 8.78 Å². The third-order valence-electron chi connectivity index (χ3n) is 3.89. The molecular formula is C20H18F2O4. The second-order valence-electron chi connectivity index (χ2n) is 5.51. The summed E-state index contributed by atoms with van der Waals surface area (Å²) in [4.78, 5) is 24.3. The average Bonchev–Trinajstić information content (AvgIpc) is 2.66. The largest absolute Gasteiger partial charge is 0.468 e. The van der Waals surface area contributed by atoms with Crippen molar-refractivity contribution in [1.82, 2.24) is 0 Å². The summed E-state index contributed by atoms with van der Waals surface area (Å²) < 4.78 is 35.8. The van der Waals surface area contributed by atoms with E-state index in [1.807, 2.05) is 0 Å². The molecule has 0 unspecified atom stereocenters. The number of allylic oxidation sites excluding steroid dienone is 1. The molecule has 4 nitrogen and oxygen atoms in total. The number of halogens is 2. The average molecular weight is 360 g/mol. The normalized spacial score (nSPS) is 12.2. The van der Waals surface area contributed by atoms with E-state index < -0.39 is 29.6 Å². The van der Waals surface area contributed by atoms with Crippen molar-refractivity contribution in [2.24, 2.45) is 5.92 Å². The summed E-state index contributed by atoms with van der Waals surface area (Å²) in [6, 6.07) is 11.1. The van der Waals surface area contributed by atoms with E-state index in [0.717, 1.165) is 0 Å². The van der Waals surface area contributed by atoms with Crippen LogP contribution in [0.15, 0.2) is 54.6 Å². The number of hydrogen-bond acceptors (Lipinski definition) is 4. The van der Waals surface area contributed by atoms with Gasteiger partial charge in [0.25, 0.3) is 0 Å². The Morgan fingerprint density at radius 2 is 1.31 bits per heavy atom. The second-order valence-corrected chi connectivity index (χ2v) is 5.51. The van der Waals surface area contributed by atoms with E-state index in [-0.39, 0.29) is 5.82 Å². The van der Waals surface area contributed by atoms with Crippen LogP contribution in [0.3, 0.4) is 0 Å². The van der Waals surface area contributed by atoms with E-state index in [4.69, 9.17) is 9.47 Å². The Kier molecular flexibility index (Phi) is 6.60. The summed E-state index contributed by atoms with van der Waals surface area (Å²) in [7, 11) is 2.34. The minimum Gasteiger partial charge on any atom is -0.468 e. The molecule has 0 heterocycles. The SMILES string of the molecule is COC(=O)C(C(=O)OC)[C@H](/C=C/c1ccc(F)cc1)c1ccc(F)cc1. The van der Waals surface area contributed by atoms with Gasteiger partial charge in [0, 0.05) is 5.92 Å². The van der Waals surface area contributed by atoms with Gasteiger partial charge in [-0.2, -0.15) is 0 Å². The van der Waals surface area contributed by atoms with Crippen molar-refractivity contribution in [3.8, 4) is 0 Å². The fourth-order valence-electron chi connectivity index (χ4n) is 2.53.